The molecule has 0 radical (unpaired) electrons. The van der Waals surface area contributed by atoms with Crippen LogP contribution in [0, 0.1) is 13.8 Å². The van der Waals surface area contributed by atoms with Crippen LogP contribution in [0.5, 0.6) is 0 Å². The van der Waals surface area contributed by atoms with Crippen molar-refractivity contribution in [1.82, 2.24) is 34.6 Å². The monoisotopic (exact) mass is 362 g/mol. The standard InChI is InChI=1S/C18H18N8O/c1-12-10-13(2)25(23-12)17-6-5-15-21-22-16(26(15)24-17)7-8-18(27)20-14-4-3-9-19-11-14/h3-6,9-11H,7-8H2,1-2H3,(H,20,27). The SMILES string of the molecule is Cc1cc(C)n(-c2ccc3nnc(CCC(=O)Nc4cccnc4)n3n2)n1. The third-order valence-electron chi connectivity index (χ3n) is 4.06. The van der Waals surface area contributed by atoms with Crippen LogP contribution in [0.4, 0.5) is 5.69 Å². The molecule has 4 rings (SSSR count). The van der Waals surface area contributed by atoms with Crippen LogP contribution in [0.1, 0.15) is 23.6 Å². The van der Waals surface area contributed by atoms with Crippen LogP contribution < -0.4 is 5.32 Å². The Hall–Kier alpha value is -3.62. The number of amides is 1. The maximum absolute atomic E-state index is 12.1. The van der Waals surface area contributed by atoms with Crippen molar-refractivity contribution in [3.8, 4) is 5.82 Å². The van der Waals surface area contributed by atoms with Gasteiger partial charge in [-0.15, -0.1) is 15.3 Å². The summed E-state index contributed by atoms with van der Waals surface area (Å²) >= 11 is 0. The summed E-state index contributed by atoms with van der Waals surface area (Å²) in [6, 6.07) is 9.24. The van der Waals surface area contributed by atoms with E-state index in [0.717, 1.165) is 11.4 Å². The molecular weight excluding hydrogens is 344 g/mol. The van der Waals surface area contributed by atoms with E-state index in [9.17, 15) is 4.79 Å². The predicted molar refractivity (Wildman–Crippen MR) is 98.6 cm³/mol. The number of nitrogens with zero attached hydrogens (tertiary/aromatic N) is 7. The molecule has 1 N–H and O–H groups in total. The second kappa shape index (κ2) is 6.94. The molecule has 0 saturated heterocycles. The predicted octanol–water partition coefficient (Wildman–Crippen LogP) is 1.89. The zero-order valence-corrected chi connectivity index (χ0v) is 15.0. The fraction of sp³-hybridized carbons (Fsp3) is 0.222. The van der Waals surface area contributed by atoms with E-state index in [1.54, 1.807) is 33.7 Å². The number of aromatic nitrogens is 7. The Kier molecular flexibility index (Phi) is 4.33. The number of hydrogen-bond donors (Lipinski definition) is 1. The molecule has 0 saturated carbocycles. The summed E-state index contributed by atoms with van der Waals surface area (Å²) in [5.74, 6) is 1.18. The van der Waals surface area contributed by atoms with Crippen molar-refractivity contribution in [3.05, 3.63) is 59.9 Å². The smallest absolute Gasteiger partial charge is 0.224 e. The minimum Gasteiger partial charge on any atom is -0.325 e. The van der Waals surface area contributed by atoms with Gasteiger partial charge in [0.1, 0.15) is 0 Å². The minimum atomic E-state index is -0.116. The van der Waals surface area contributed by atoms with Crippen LogP contribution in [0.3, 0.4) is 0 Å². The first-order valence-corrected chi connectivity index (χ1v) is 8.55. The van der Waals surface area contributed by atoms with Gasteiger partial charge >= 0.3 is 0 Å². The van der Waals surface area contributed by atoms with Crippen molar-refractivity contribution in [2.45, 2.75) is 26.7 Å². The largest absolute Gasteiger partial charge is 0.325 e. The number of carbonyl (C=O) groups is 1. The van der Waals surface area contributed by atoms with Crippen LogP contribution in [-0.4, -0.2) is 40.5 Å². The molecule has 0 aromatic carbocycles. The number of carbonyl (C=O) groups excluding carboxylic acids is 1. The highest BCUT2D eigenvalue weighted by Crippen LogP contribution is 2.12. The molecule has 0 aliphatic rings. The van der Waals surface area contributed by atoms with Crippen molar-refractivity contribution in [1.29, 1.82) is 0 Å². The summed E-state index contributed by atoms with van der Waals surface area (Å²) in [5.41, 5.74) is 3.21. The van der Waals surface area contributed by atoms with Gasteiger partial charge in [-0.1, -0.05) is 0 Å². The third-order valence-corrected chi connectivity index (χ3v) is 4.06. The second-order valence-electron chi connectivity index (χ2n) is 6.21. The zero-order valence-electron chi connectivity index (χ0n) is 15.0. The minimum absolute atomic E-state index is 0.116. The molecule has 0 aliphatic heterocycles. The maximum Gasteiger partial charge on any atom is 0.224 e. The van der Waals surface area contributed by atoms with Crippen molar-refractivity contribution < 1.29 is 4.79 Å². The van der Waals surface area contributed by atoms with Crippen molar-refractivity contribution in [2.24, 2.45) is 0 Å². The Bertz CT molecular complexity index is 1100. The molecular formula is C18H18N8O. The fourth-order valence-electron chi connectivity index (χ4n) is 2.84. The van der Waals surface area contributed by atoms with E-state index in [2.05, 4.69) is 30.7 Å². The van der Waals surface area contributed by atoms with Crippen molar-refractivity contribution in [3.63, 3.8) is 0 Å². The molecule has 4 aromatic heterocycles. The molecule has 136 valence electrons. The molecule has 0 spiro atoms. The Morgan fingerprint density at radius 1 is 1.15 bits per heavy atom. The number of fused-ring (bicyclic) bond motifs is 1. The Morgan fingerprint density at radius 3 is 2.78 bits per heavy atom. The molecule has 9 nitrogen and oxygen atoms in total. The molecule has 0 bridgehead atoms. The quantitative estimate of drug-likeness (QED) is 0.581. The van der Waals surface area contributed by atoms with E-state index >= 15 is 0 Å². The summed E-state index contributed by atoms with van der Waals surface area (Å²) in [4.78, 5) is 16.1. The van der Waals surface area contributed by atoms with E-state index in [1.807, 2.05) is 32.0 Å². The second-order valence-corrected chi connectivity index (χ2v) is 6.21. The van der Waals surface area contributed by atoms with Gasteiger partial charge in [0.25, 0.3) is 0 Å². The lowest BCUT2D eigenvalue weighted by molar-refractivity contribution is -0.116. The van der Waals surface area contributed by atoms with Gasteiger partial charge in [-0.25, -0.2) is 4.68 Å². The average Bonchev–Trinajstić information content (AvgIpc) is 3.22. The number of anilines is 1. The molecule has 0 aliphatic carbocycles. The van der Waals surface area contributed by atoms with Gasteiger partial charge in [0.05, 0.1) is 17.6 Å². The lowest BCUT2D eigenvalue weighted by atomic mass is 10.2. The highest BCUT2D eigenvalue weighted by Gasteiger charge is 2.12. The average molecular weight is 362 g/mol. The molecule has 4 heterocycles. The number of hydrogen-bond acceptors (Lipinski definition) is 6. The van der Waals surface area contributed by atoms with Crippen LogP contribution >= 0.6 is 0 Å². The Balaban J connectivity index is 1.53. The lowest BCUT2D eigenvalue weighted by Gasteiger charge is -2.05. The topological polar surface area (TPSA) is 103 Å². The van der Waals surface area contributed by atoms with Crippen LogP contribution in [-0.2, 0) is 11.2 Å². The van der Waals surface area contributed by atoms with E-state index < -0.39 is 0 Å². The lowest BCUT2D eigenvalue weighted by Crippen LogP contribution is -2.14. The van der Waals surface area contributed by atoms with Gasteiger partial charge < -0.3 is 5.32 Å². The van der Waals surface area contributed by atoms with Crippen LogP contribution in [0.25, 0.3) is 11.5 Å². The molecule has 0 fully saturated rings. The highest BCUT2D eigenvalue weighted by molar-refractivity contribution is 5.90. The van der Waals surface area contributed by atoms with Gasteiger partial charge in [0.2, 0.25) is 5.91 Å². The third kappa shape index (κ3) is 3.52. The van der Waals surface area contributed by atoms with Crippen LogP contribution in [0.2, 0.25) is 0 Å². The first-order valence-electron chi connectivity index (χ1n) is 8.55. The molecule has 9 heteroatoms. The number of aryl methyl sites for hydroxylation is 3. The molecule has 0 unspecified atom stereocenters. The first kappa shape index (κ1) is 16.8. The fourth-order valence-corrected chi connectivity index (χ4v) is 2.84. The summed E-state index contributed by atoms with van der Waals surface area (Å²) in [6.07, 6.45) is 3.94. The van der Waals surface area contributed by atoms with Gasteiger partial charge in [0.15, 0.2) is 17.3 Å². The molecule has 27 heavy (non-hydrogen) atoms. The molecule has 0 atom stereocenters. The van der Waals surface area contributed by atoms with Crippen molar-refractivity contribution >= 4 is 17.2 Å². The summed E-state index contributed by atoms with van der Waals surface area (Å²) in [5, 5.41) is 20.1. The van der Waals surface area contributed by atoms with Gasteiger partial charge in [0, 0.05) is 24.7 Å². The van der Waals surface area contributed by atoms with Gasteiger partial charge in [-0.3, -0.25) is 9.78 Å². The summed E-state index contributed by atoms with van der Waals surface area (Å²) < 4.78 is 3.43. The van der Waals surface area contributed by atoms with Gasteiger partial charge in [-0.05, 0) is 44.2 Å². The summed E-state index contributed by atoms with van der Waals surface area (Å²) in [6.45, 7) is 3.91. The number of nitrogens with one attached hydrogen (secondary N) is 1. The van der Waals surface area contributed by atoms with E-state index in [1.165, 1.54) is 0 Å². The summed E-state index contributed by atoms with van der Waals surface area (Å²) in [7, 11) is 0. The van der Waals surface area contributed by atoms with E-state index in [4.69, 9.17) is 0 Å². The Morgan fingerprint density at radius 2 is 2.04 bits per heavy atom. The zero-order chi connectivity index (χ0) is 18.8. The highest BCUT2D eigenvalue weighted by atomic mass is 16.1. The molecule has 1 amide bonds. The number of rotatable bonds is 5. The molecule has 4 aromatic rings. The van der Waals surface area contributed by atoms with Gasteiger partial charge in [-0.2, -0.15) is 9.61 Å². The normalized spacial score (nSPS) is 11.0. The van der Waals surface area contributed by atoms with E-state index in [0.29, 0.717) is 29.4 Å². The number of pyridine rings is 1. The Labute approximate surface area is 155 Å². The van der Waals surface area contributed by atoms with E-state index in [-0.39, 0.29) is 12.3 Å². The maximum atomic E-state index is 12.1. The van der Waals surface area contributed by atoms with Crippen molar-refractivity contribution in [2.75, 3.05) is 5.32 Å². The first-order chi connectivity index (χ1) is 13.1. The van der Waals surface area contributed by atoms with Crippen LogP contribution in [0.15, 0.2) is 42.7 Å².